The van der Waals surface area contributed by atoms with Crippen LogP contribution < -0.4 is 20.2 Å². The number of amides is 2. The quantitative estimate of drug-likeness (QED) is 0.271. The lowest BCUT2D eigenvalue weighted by atomic mass is 10.1. The highest BCUT2D eigenvalue weighted by atomic mass is 35.5. The molecule has 7 nitrogen and oxygen atoms in total. The normalized spacial score (nSPS) is 11.0. The predicted octanol–water partition coefficient (Wildman–Crippen LogP) is 4.97. The van der Waals surface area contributed by atoms with Gasteiger partial charge in [0.2, 0.25) is 0 Å². The molecule has 0 bridgehead atoms. The second-order valence-electron chi connectivity index (χ2n) is 7.35. The molecule has 0 aliphatic carbocycles. The number of methoxy groups -OCH3 is 1. The van der Waals surface area contributed by atoms with Gasteiger partial charge >= 0.3 is 11.8 Å². The fourth-order valence-electron chi connectivity index (χ4n) is 3.16. The molecule has 8 heteroatoms. The van der Waals surface area contributed by atoms with E-state index in [4.69, 9.17) is 21.1 Å². The lowest BCUT2D eigenvalue weighted by Gasteiger charge is -2.13. The number of hydrogen-bond acceptors (Lipinski definition) is 5. The van der Waals surface area contributed by atoms with Gasteiger partial charge < -0.3 is 14.8 Å². The molecule has 0 aromatic heterocycles. The summed E-state index contributed by atoms with van der Waals surface area (Å²) >= 11 is 6.18. The second-order valence-corrected chi connectivity index (χ2v) is 7.76. The molecule has 2 N–H and O–H groups in total. The Morgan fingerprint density at radius 1 is 0.941 bits per heavy atom. The molecule has 34 heavy (non-hydrogen) atoms. The van der Waals surface area contributed by atoms with Crippen molar-refractivity contribution in [3.8, 4) is 11.5 Å². The number of anilines is 1. The molecular weight excluding hydrogens is 454 g/mol. The van der Waals surface area contributed by atoms with E-state index in [1.165, 1.54) is 7.11 Å². The monoisotopic (exact) mass is 479 g/mol. The molecule has 0 spiro atoms. The molecule has 2 amide bonds. The van der Waals surface area contributed by atoms with Crippen molar-refractivity contribution in [3.05, 3.63) is 88.4 Å². The average Bonchev–Trinajstić information content (AvgIpc) is 2.86. The third kappa shape index (κ3) is 6.36. The third-order valence-electron chi connectivity index (χ3n) is 5.10. The van der Waals surface area contributed by atoms with Crippen molar-refractivity contribution in [1.29, 1.82) is 0 Å². The lowest BCUT2D eigenvalue weighted by Crippen LogP contribution is -2.33. The number of halogens is 1. The van der Waals surface area contributed by atoms with Crippen molar-refractivity contribution in [3.63, 3.8) is 0 Å². The minimum absolute atomic E-state index is 0.286. The number of aryl methyl sites for hydroxylation is 1. The minimum atomic E-state index is -0.864. The molecule has 0 radical (unpaired) electrons. The summed E-state index contributed by atoms with van der Waals surface area (Å²) in [6.45, 7) is 3.97. The summed E-state index contributed by atoms with van der Waals surface area (Å²) in [6.07, 6.45) is 0.731. The fraction of sp³-hybridized carbons (Fsp3) is 0.192. The summed E-state index contributed by atoms with van der Waals surface area (Å²) in [4.78, 5) is 24.5. The summed E-state index contributed by atoms with van der Waals surface area (Å²) < 4.78 is 11.3. The van der Waals surface area contributed by atoms with Gasteiger partial charge in [0.15, 0.2) is 11.5 Å². The molecular formula is C26H26ClN3O4. The van der Waals surface area contributed by atoms with Crippen LogP contribution >= 0.6 is 11.6 Å². The summed E-state index contributed by atoms with van der Waals surface area (Å²) in [7, 11) is 1.54. The van der Waals surface area contributed by atoms with Gasteiger partial charge in [-0.2, -0.15) is 5.10 Å². The van der Waals surface area contributed by atoms with E-state index in [2.05, 4.69) is 15.8 Å². The predicted molar refractivity (Wildman–Crippen MR) is 134 cm³/mol. The maximum absolute atomic E-state index is 12.2. The maximum atomic E-state index is 12.2. The van der Waals surface area contributed by atoms with Crippen molar-refractivity contribution >= 4 is 34.8 Å². The van der Waals surface area contributed by atoms with Crippen molar-refractivity contribution in [2.45, 2.75) is 26.9 Å². The molecule has 0 atom stereocenters. The Morgan fingerprint density at radius 3 is 2.35 bits per heavy atom. The van der Waals surface area contributed by atoms with Crippen LogP contribution in [-0.2, 0) is 22.6 Å². The summed E-state index contributed by atoms with van der Waals surface area (Å²) in [5, 5.41) is 7.29. The maximum Gasteiger partial charge on any atom is 0.329 e. The number of nitrogens with zero attached hydrogens (tertiary/aromatic N) is 1. The first-order valence-corrected chi connectivity index (χ1v) is 11.1. The zero-order valence-corrected chi connectivity index (χ0v) is 20.0. The molecule has 0 aliphatic rings. The van der Waals surface area contributed by atoms with Crippen LogP contribution in [0.4, 0.5) is 5.69 Å². The lowest BCUT2D eigenvalue weighted by molar-refractivity contribution is -0.136. The van der Waals surface area contributed by atoms with E-state index in [0.29, 0.717) is 33.5 Å². The highest BCUT2D eigenvalue weighted by Crippen LogP contribution is 2.30. The van der Waals surface area contributed by atoms with E-state index in [1.807, 2.05) is 37.3 Å². The van der Waals surface area contributed by atoms with Crippen LogP contribution in [0.3, 0.4) is 0 Å². The number of nitrogens with one attached hydrogen (secondary N) is 2. The average molecular weight is 480 g/mol. The van der Waals surface area contributed by atoms with E-state index in [1.54, 1.807) is 43.3 Å². The van der Waals surface area contributed by atoms with Gasteiger partial charge in [-0.1, -0.05) is 54.9 Å². The fourth-order valence-corrected chi connectivity index (χ4v) is 3.35. The van der Waals surface area contributed by atoms with Gasteiger partial charge in [0, 0.05) is 21.8 Å². The number of carbonyl (C=O) groups excluding carboxylic acids is 2. The molecule has 3 rings (SSSR count). The number of rotatable bonds is 8. The number of ether oxygens (including phenoxy) is 2. The van der Waals surface area contributed by atoms with Crippen LogP contribution in [0.25, 0.3) is 0 Å². The van der Waals surface area contributed by atoms with Gasteiger partial charge in [0.1, 0.15) is 6.61 Å². The van der Waals surface area contributed by atoms with Crippen molar-refractivity contribution in [2.24, 2.45) is 5.10 Å². The molecule has 0 unspecified atom stereocenters. The molecule has 0 saturated heterocycles. The Labute approximate surface area is 203 Å². The number of benzene rings is 3. The zero-order valence-electron chi connectivity index (χ0n) is 19.2. The summed E-state index contributed by atoms with van der Waals surface area (Å²) in [6, 6.07) is 20.0. The van der Waals surface area contributed by atoms with Crippen LogP contribution in [0.1, 0.15) is 30.5 Å². The van der Waals surface area contributed by atoms with Crippen LogP contribution in [0, 0.1) is 0 Å². The molecule has 3 aromatic carbocycles. The second kappa shape index (κ2) is 11.9. The van der Waals surface area contributed by atoms with Gasteiger partial charge in [0.25, 0.3) is 0 Å². The van der Waals surface area contributed by atoms with E-state index in [9.17, 15) is 9.59 Å². The smallest absolute Gasteiger partial charge is 0.329 e. The van der Waals surface area contributed by atoms with Gasteiger partial charge in [0.05, 0.1) is 12.8 Å². The number of hydrazone groups is 1. The van der Waals surface area contributed by atoms with Crippen LogP contribution in [0.5, 0.6) is 11.5 Å². The molecule has 3 aromatic rings. The van der Waals surface area contributed by atoms with Crippen molar-refractivity contribution in [2.75, 3.05) is 12.4 Å². The van der Waals surface area contributed by atoms with Gasteiger partial charge in [-0.15, -0.1) is 0 Å². The standard InChI is InChI=1S/C26H26ClN3O4/c1-4-18-9-6-8-12-22(18)28-25(31)26(32)30-29-17(2)19-13-14-23(24(15-19)33-3)34-16-20-10-5-7-11-21(20)27/h5-15H,4,16H2,1-3H3,(H,28,31)(H,30,32). The Balaban J connectivity index is 1.64. The zero-order chi connectivity index (χ0) is 24.5. The van der Waals surface area contributed by atoms with Crippen LogP contribution in [0.2, 0.25) is 5.02 Å². The Bertz CT molecular complexity index is 1210. The van der Waals surface area contributed by atoms with E-state index < -0.39 is 11.8 Å². The Morgan fingerprint density at radius 2 is 1.65 bits per heavy atom. The minimum Gasteiger partial charge on any atom is -0.493 e. The SMILES string of the molecule is CCc1ccccc1NC(=O)C(=O)NN=C(C)c1ccc(OCc2ccccc2Cl)c(OC)c1. The first kappa shape index (κ1) is 24.8. The highest BCUT2D eigenvalue weighted by molar-refractivity contribution is 6.39. The topological polar surface area (TPSA) is 89.0 Å². The molecule has 176 valence electrons. The van der Waals surface area contributed by atoms with Crippen LogP contribution in [0.15, 0.2) is 71.8 Å². The van der Waals surface area contributed by atoms with Crippen LogP contribution in [-0.4, -0.2) is 24.6 Å². The number of hydrogen-bond donors (Lipinski definition) is 2. The Hall–Kier alpha value is -3.84. The van der Waals surface area contributed by atoms with E-state index in [0.717, 1.165) is 17.5 Å². The first-order valence-electron chi connectivity index (χ1n) is 10.7. The van der Waals surface area contributed by atoms with Gasteiger partial charge in [-0.05, 0) is 49.2 Å². The van der Waals surface area contributed by atoms with Crippen molar-refractivity contribution in [1.82, 2.24) is 5.43 Å². The molecule has 0 aliphatic heterocycles. The van der Waals surface area contributed by atoms with Gasteiger partial charge in [-0.25, -0.2) is 5.43 Å². The van der Waals surface area contributed by atoms with E-state index in [-0.39, 0.29) is 6.61 Å². The van der Waals surface area contributed by atoms with Gasteiger partial charge in [-0.3, -0.25) is 9.59 Å². The number of para-hydroxylation sites is 1. The van der Waals surface area contributed by atoms with Crippen molar-refractivity contribution < 1.29 is 19.1 Å². The number of carbonyl (C=O) groups is 2. The molecule has 0 heterocycles. The summed E-state index contributed by atoms with van der Waals surface area (Å²) in [5.74, 6) is -0.619. The Kier molecular flexibility index (Phi) is 8.65. The highest BCUT2D eigenvalue weighted by Gasteiger charge is 2.15. The molecule has 0 saturated carbocycles. The largest absolute Gasteiger partial charge is 0.493 e. The molecule has 0 fully saturated rings. The first-order chi connectivity index (χ1) is 16.4. The summed E-state index contributed by atoms with van der Waals surface area (Å²) in [5.41, 5.74) is 5.87. The van der Waals surface area contributed by atoms with E-state index >= 15 is 0 Å². The third-order valence-corrected chi connectivity index (χ3v) is 5.47.